The Bertz CT molecular complexity index is 236. The van der Waals surface area contributed by atoms with Gasteiger partial charge in [-0.3, -0.25) is 4.79 Å². The van der Waals surface area contributed by atoms with Gasteiger partial charge in [0, 0.05) is 32.7 Å². The third kappa shape index (κ3) is 5.02. The molecule has 1 fully saturated rings. The van der Waals surface area contributed by atoms with Crippen molar-refractivity contribution in [3.8, 4) is 0 Å². The summed E-state index contributed by atoms with van der Waals surface area (Å²) in [6, 6.07) is 0.177. The average Bonchev–Trinajstić information content (AvgIpc) is 2.34. The molecule has 3 N–H and O–H groups in total. The lowest BCUT2D eigenvalue weighted by atomic mass is 9.85. The lowest BCUT2D eigenvalue weighted by molar-refractivity contribution is -0.126. The van der Waals surface area contributed by atoms with Crippen molar-refractivity contribution in [2.75, 3.05) is 27.4 Å². The zero-order valence-corrected chi connectivity index (χ0v) is 10.8. The van der Waals surface area contributed by atoms with Gasteiger partial charge in [0.25, 0.3) is 0 Å². The van der Waals surface area contributed by atoms with Crippen LogP contribution in [0.15, 0.2) is 0 Å². The molecule has 17 heavy (non-hydrogen) atoms. The van der Waals surface area contributed by atoms with Gasteiger partial charge in [-0.25, -0.2) is 0 Å². The Balaban J connectivity index is 2.28. The molecule has 100 valence electrons. The second kappa shape index (κ2) is 7.63. The van der Waals surface area contributed by atoms with Crippen LogP contribution in [0.3, 0.4) is 0 Å². The number of hydrogen-bond donors (Lipinski definition) is 2. The molecule has 3 atom stereocenters. The Morgan fingerprint density at radius 2 is 2.24 bits per heavy atom. The molecule has 0 aromatic carbocycles. The first-order valence-electron chi connectivity index (χ1n) is 6.22. The van der Waals surface area contributed by atoms with Crippen molar-refractivity contribution in [2.45, 2.75) is 37.8 Å². The summed E-state index contributed by atoms with van der Waals surface area (Å²) in [6.45, 7) is 0.982. The molecule has 3 unspecified atom stereocenters. The third-order valence-electron chi connectivity index (χ3n) is 3.28. The fourth-order valence-electron chi connectivity index (χ4n) is 2.22. The first-order chi connectivity index (χ1) is 8.17. The predicted molar refractivity (Wildman–Crippen MR) is 65.6 cm³/mol. The van der Waals surface area contributed by atoms with Crippen LogP contribution < -0.4 is 11.1 Å². The van der Waals surface area contributed by atoms with E-state index in [2.05, 4.69) is 5.32 Å². The van der Waals surface area contributed by atoms with E-state index in [9.17, 15) is 4.79 Å². The highest BCUT2D eigenvalue weighted by molar-refractivity contribution is 5.78. The van der Waals surface area contributed by atoms with E-state index >= 15 is 0 Å². The number of methoxy groups -OCH3 is 2. The molecule has 1 aliphatic rings. The molecular formula is C12H24N2O3. The number of ether oxygens (including phenoxy) is 2. The molecule has 0 bridgehead atoms. The normalized spacial score (nSPS) is 26.5. The molecule has 5 heteroatoms. The van der Waals surface area contributed by atoms with Crippen LogP contribution in [0.1, 0.15) is 25.7 Å². The predicted octanol–water partition coefficient (Wildman–Crippen LogP) is 0.282. The summed E-state index contributed by atoms with van der Waals surface area (Å²) >= 11 is 0. The number of amides is 1. The monoisotopic (exact) mass is 244 g/mol. The van der Waals surface area contributed by atoms with E-state index in [1.165, 1.54) is 0 Å². The van der Waals surface area contributed by atoms with Crippen LogP contribution >= 0.6 is 0 Å². The summed E-state index contributed by atoms with van der Waals surface area (Å²) in [5.41, 5.74) is 5.87. The van der Waals surface area contributed by atoms with Crippen LogP contribution in [0.5, 0.6) is 0 Å². The summed E-state index contributed by atoms with van der Waals surface area (Å²) in [4.78, 5) is 11.9. The van der Waals surface area contributed by atoms with E-state index in [1.807, 2.05) is 0 Å². The fourth-order valence-corrected chi connectivity index (χ4v) is 2.22. The standard InChI is InChI=1S/C12H24N2O3/c1-16-8-11(17-2)7-14-12(15)9-4-3-5-10(13)6-9/h9-11H,3-8,13H2,1-2H3,(H,14,15). The van der Waals surface area contributed by atoms with Crippen LogP contribution in [0, 0.1) is 5.92 Å². The number of carbonyl (C=O) groups is 1. The van der Waals surface area contributed by atoms with E-state index in [0.29, 0.717) is 13.2 Å². The number of hydrogen-bond acceptors (Lipinski definition) is 4. The SMILES string of the molecule is COCC(CNC(=O)C1CCCC(N)C1)OC. The van der Waals surface area contributed by atoms with E-state index < -0.39 is 0 Å². The van der Waals surface area contributed by atoms with Gasteiger partial charge in [0.15, 0.2) is 0 Å². The molecule has 1 aliphatic carbocycles. The number of nitrogens with one attached hydrogen (secondary N) is 1. The second-order valence-corrected chi connectivity index (χ2v) is 4.68. The summed E-state index contributed by atoms with van der Waals surface area (Å²) in [7, 11) is 3.24. The molecule has 0 spiro atoms. The molecule has 0 radical (unpaired) electrons. The minimum atomic E-state index is -0.0822. The molecule has 1 saturated carbocycles. The van der Waals surface area contributed by atoms with Gasteiger partial charge in [-0.05, 0) is 19.3 Å². The van der Waals surface area contributed by atoms with Crippen molar-refractivity contribution in [3.63, 3.8) is 0 Å². The molecule has 5 nitrogen and oxygen atoms in total. The first kappa shape index (κ1) is 14.4. The molecule has 0 heterocycles. The molecule has 1 amide bonds. The van der Waals surface area contributed by atoms with Crippen molar-refractivity contribution in [3.05, 3.63) is 0 Å². The van der Waals surface area contributed by atoms with Crippen molar-refractivity contribution in [1.29, 1.82) is 0 Å². The zero-order chi connectivity index (χ0) is 12.7. The molecule has 0 saturated heterocycles. The molecule has 1 rings (SSSR count). The van der Waals surface area contributed by atoms with E-state index in [0.717, 1.165) is 25.7 Å². The Hall–Kier alpha value is -0.650. The maximum atomic E-state index is 11.9. The molecular weight excluding hydrogens is 220 g/mol. The summed E-state index contributed by atoms with van der Waals surface area (Å²) in [5.74, 6) is 0.164. The summed E-state index contributed by atoms with van der Waals surface area (Å²) in [6.07, 6.45) is 3.75. The summed E-state index contributed by atoms with van der Waals surface area (Å²) in [5, 5.41) is 2.91. The van der Waals surface area contributed by atoms with Gasteiger partial charge in [0.2, 0.25) is 5.91 Å². The topological polar surface area (TPSA) is 73.6 Å². The van der Waals surface area contributed by atoms with Gasteiger partial charge < -0.3 is 20.5 Å². The van der Waals surface area contributed by atoms with Gasteiger partial charge >= 0.3 is 0 Å². The molecule has 0 aromatic heterocycles. The summed E-state index contributed by atoms with van der Waals surface area (Å²) < 4.78 is 10.2. The van der Waals surface area contributed by atoms with Crippen LogP contribution in [-0.4, -0.2) is 45.4 Å². The lowest BCUT2D eigenvalue weighted by Gasteiger charge is -2.26. The maximum Gasteiger partial charge on any atom is 0.223 e. The quantitative estimate of drug-likeness (QED) is 0.704. The van der Waals surface area contributed by atoms with Gasteiger partial charge in [-0.2, -0.15) is 0 Å². The first-order valence-corrected chi connectivity index (χ1v) is 6.22. The largest absolute Gasteiger partial charge is 0.382 e. The van der Waals surface area contributed by atoms with E-state index in [4.69, 9.17) is 15.2 Å². The Morgan fingerprint density at radius 3 is 2.82 bits per heavy atom. The van der Waals surface area contributed by atoms with E-state index in [-0.39, 0.29) is 24.0 Å². The highest BCUT2D eigenvalue weighted by atomic mass is 16.5. The minimum absolute atomic E-state index is 0.0683. The van der Waals surface area contributed by atoms with Gasteiger partial charge in [0.1, 0.15) is 0 Å². The molecule has 0 aromatic rings. The number of rotatable bonds is 6. The Kier molecular flexibility index (Phi) is 6.47. The van der Waals surface area contributed by atoms with Gasteiger partial charge in [-0.15, -0.1) is 0 Å². The van der Waals surface area contributed by atoms with Gasteiger partial charge in [-0.1, -0.05) is 6.42 Å². The average molecular weight is 244 g/mol. The van der Waals surface area contributed by atoms with E-state index in [1.54, 1.807) is 14.2 Å². The van der Waals surface area contributed by atoms with Crippen LogP contribution in [0.4, 0.5) is 0 Å². The van der Waals surface area contributed by atoms with Crippen molar-refractivity contribution in [2.24, 2.45) is 11.7 Å². The lowest BCUT2D eigenvalue weighted by Crippen LogP contribution is -2.41. The Morgan fingerprint density at radius 1 is 1.47 bits per heavy atom. The third-order valence-corrected chi connectivity index (χ3v) is 3.28. The van der Waals surface area contributed by atoms with Crippen molar-refractivity contribution < 1.29 is 14.3 Å². The van der Waals surface area contributed by atoms with Crippen LogP contribution in [0.2, 0.25) is 0 Å². The Labute approximate surface area is 103 Å². The smallest absolute Gasteiger partial charge is 0.223 e. The maximum absolute atomic E-state index is 11.9. The number of nitrogens with two attached hydrogens (primary N) is 1. The second-order valence-electron chi connectivity index (χ2n) is 4.68. The molecule has 0 aliphatic heterocycles. The minimum Gasteiger partial charge on any atom is -0.382 e. The van der Waals surface area contributed by atoms with Crippen LogP contribution in [-0.2, 0) is 14.3 Å². The number of carbonyl (C=O) groups excluding carboxylic acids is 1. The highest BCUT2D eigenvalue weighted by Gasteiger charge is 2.25. The van der Waals surface area contributed by atoms with Crippen LogP contribution in [0.25, 0.3) is 0 Å². The fraction of sp³-hybridized carbons (Fsp3) is 0.917. The highest BCUT2D eigenvalue weighted by Crippen LogP contribution is 2.22. The van der Waals surface area contributed by atoms with Crippen molar-refractivity contribution >= 4 is 5.91 Å². The van der Waals surface area contributed by atoms with Gasteiger partial charge in [0.05, 0.1) is 12.7 Å². The zero-order valence-electron chi connectivity index (χ0n) is 10.8. The van der Waals surface area contributed by atoms with Crippen molar-refractivity contribution in [1.82, 2.24) is 5.32 Å².